The molecule has 1 amide bonds. The number of hydrogen-bond acceptors (Lipinski definition) is 5. The van der Waals surface area contributed by atoms with Crippen molar-refractivity contribution in [2.24, 2.45) is 4.99 Å². The van der Waals surface area contributed by atoms with E-state index in [0.29, 0.717) is 16.1 Å². The smallest absolute Gasteiger partial charge is 0.325 e. The Hall–Kier alpha value is -3.45. The molecule has 0 N–H and O–H groups in total. The van der Waals surface area contributed by atoms with Crippen LogP contribution in [0.4, 0.5) is 0 Å². The quantitative estimate of drug-likeness (QED) is 0.484. The first-order chi connectivity index (χ1) is 14.1. The Bertz CT molecular complexity index is 1300. The van der Waals surface area contributed by atoms with Crippen LogP contribution in [0.2, 0.25) is 0 Å². The third-order valence-corrected chi connectivity index (χ3v) is 5.75. The maximum Gasteiger partial charge on any atom is 0.325 e. The number of methoxy groups -OCH3 is 2. The number of rotatable bonds is 4. The van der Waals surface area contributed by atoms with E-state index in [9.17, 15) is 9.59 Å². The number of fused-ring (bicyclic) bond motifs is 3. The summed E-state index contributed by atoms with van der Waals surface area (Å²) in [7, 11) is 2.85. The second-order valence-corrected chi connectivity index (χ2v) is 7.28. The molecule has 4 rings (SSSR count). The van der Waals surface area contributed by atoms with Crippen LogP contribution in [0.25, 0.3) is 21.0 Å². The first-order valence-electron chi connectivity index (χ1n) is 8.92. The van der Waals surface area contributed by atoms with Crippen LogP contribution in [-0.2, 0) is 16.1 Å². The maximum atomic E-state index is 12.9. The highest BCUT2D eigenvalue weighted by molar-refractivity contribution is 7.17. The van der Waals surface area contributed by atoms with Gasteiger partial charge in [0.05, 0.1) is 30.0 Å². The molecule has 29 heavy (non-hydrogen) atoms. The lowest BCUT2D eigenvalue weighted by atomic mass is 10.1. The summed E-state index contributed by atoms with van der Waals surface area (Å²) in [4.78, 5) is 29.6. The van der Waals surface area contributed by atoms with E-state index in [4.69, 9.17) is 9.47 Å². The minimum Gasteiger partial charge on any atom is -0.496 e. The lowest BCUT2D eigenvalue weighted by Crippen LogP contribution is -2.22. The van der Waals surface area contributed by atoms with Gasteiger partial charge in [0, 0.05) is 5.39 Å². The Kier molecular flexibility index (Phi) is 5.14. The predicted octanol–water partition coefficient (Wildman–Crippen LogP) is 3.78. The van der Waals surface area contributed by atoms with E-state index < -0.39 is 11.9 Å². The maximum absolute atomic E-state index is 12.9. The van der Waals surface area contributed by atoms with E-state index in [1.54, 1.807) is 28.8 Å². The van der Waals surface area contributed by atoms with Gasteiger partial charge in [-0.3, -0.25) is 9.59 Å². The zero-order chi connectivity index (χ0) is 20.4. The number of benzene rings is 3. The highest BCUT2D eigenvalue weighted by Crippen LogP contribution is 2.28. The molecule has 0 atom stereocenters. The van der Waals surface area contributed by atoms with Gasteiger partial charge in [0.1, 0.15) is 12.3 Å². The van der Waals surface area contributed by atoms with Gasteiger partial charge in [-0.25, -0.2) is 0 Å². The second-order valence-electron chi connectivity index (χ2n) is 6.30. The topological polar surface area (TPSA) is 69.9 Å². The Morgan fingerprint density at radius 2 is 1.76 bits per heavy atom. The van der Waals surface area contributed by atoms with Crippen LogP contribution in [0.1, 0.15) is 10.4 Å². The molecule has 6 nitrogen and oxygen atoms in total. The molecule has 146 valence electrons. The Morgan fingerprint density at radius 3 is 2.55 bits per heavy atom. The van der Waals surface area contributed by atoms with Gasteiger partial charge in [-0.1, -0.05) is 53.8 Å². The summed E-state index contributed by atoms with van der Waals surface area (Å²) < 4.78 is 12.8. The van der Waals surface area contributed by atoms with Gasteiger partial charge < -0.3 is 14.0 Å². The van der Waals surface area contributed by atoms with Gasteiger partial charge >= 0.3 is 5.97 Å². The molecule has 0 bridgehead atoms. The molecule has 1 aromatic heterocycles. The van der Waals surface area contributed by atoms with Crippen LogP contribution >= 0.6 is 11.3 Å². The van der Waals surface area contributed by atoms with E-state index in [1.807, 2.05) is 36.4 Å². The molecule has 0 spiro atoms. The van der Waals surface area contributed by atoms with Crippen LogP contribution in [0.5, 0.6) is 5.75 Å². The van der Waals surface area contributed by atoms with Gasteiger partial charge in [-0.2, -0.15) is 4.99 Å². The van der Waals surface area contributed by atoms with Gasteiger partial charge in [-0.15, -0.1) is 0 Å². The molecule has 0 unspecified atom stereocenters. The number of ether oxygens (including phenoxy) is 2. The zero-order valence-corrected chi connectivity index (χ0v) is 16.7. The van der Waals surface area contributed by atoms with Gasteiger partial charge in [0.15, 0.2) is 4.80 Å². The first kappa shape index (κ1) is 18.9. The van der Waals surface area contributed by atoms with E-state index in [-0.39, 0.29) is 6.54 Å². The normalized spacial score (nSPS) is 11.7. The lowest BCUT2D eigenvalue weighted by molar-refractivity contribution is -0.141. The summed E-state index contributed by atoms with van der Waals surface area (Å²) in [5.74, 6) is -0.395. The van der Waals surface area contributed by atoms with Crippen molar-refractivity contribution in [3.63, 3.8) is 0 Å². The van der Waals surface area contributed by atoms with E-state index >= 15 is 0 Å². The largest absolute Gasteiger partial charge is 0.496 e. The van der Waals surface area contributed by atoms with Gasteiger partial charge in [-0.05, 0) is 23.6 Å². The number of carbonyl (C=O) groups is 2. The molecular weight excluding hydrogens is 388 g/mol. The number of nitrogens with zero attached hydrogens (tertiary/aromatic N) is 2. The highest BCUT2D eigenvalue weighted by Gasteiger charge is 2.15. The van der Waals surface area contributed by atoms with Crippen molar-refractivity contribution in [2.45, 2.75) is 6.54 Å². The summed E-state index contributed by atoms with van der Waals surface area (Å²) in [6.45, 7) is -0.0348. The van der Waals surface area contributed by atoms with Crippen LogP contribution in [-0.4, -0.2) is 30.7 Å². The SMILES string of the molecule is COC(=O)Cn1c(=NC(=O)c2ccccc2OC)sc2c3ccccc3ccc21. The summed E-state index contributed by atoms with van der Waals surface area (Å²) in [5.41, 5.74) is 1.19. The number of carbonyl (C=O) groups excluding carboxylic acids is 2. The van der Waals surface area contributed by atoms with E-state index in [0.717, 1.165) is 21.0 Å². The molecule has 0 aliphatic heterocycles. The van der Waals surface area contributed by atoms with Crippen molar-refractivity contribution in [2.75, 3.05) is 14.2 Å². The number of thiazole rings is 1. The fourth-order valence-electron chi connectivity index (χ4n) is 3.20. The van der Waals surface area contributed by atoms with Crippen LogP contribution in [0, 0.1) is 0 Å². The molecule has 0 aliphatic carbocycles. The van der Waals surface area contributed by atoms with E-state index in [1.165, 1.54) is 25.6 Å². The number of amides is 1. The number of para-hydroxylation sites is 1. The standard InChI is InChI=1S/C22H18N2O4S/c1-27-18-10-6-5-9-16(18)21(26)23-22-24(13-19(25)28-2)17-12-11-14-7-3-4-8-15(14)20(17)29-22/h3-12H,13H2,1-2H3. The fourth-order valence-corrected chi connectivity index (χ4v) is 4.36. The molecule has 4 aromatic rings. The molecule has 0 aliphatic rings. The summed E-state index contributed by atoms with van der Waals surface area (Å²) in [6.07, 6.45) is 0. The number of esters is 1. The minimum atomic E-state index is -0.433. The molecule has 1 heterocycles. The average Bonchev–Trinajstić information content (AvgIpc) is 3.10. The van der Waals surface area contributed by atoms with Gasteiger partial charge in [0.25, 0.3) is 5.91 Å². The lowest BCUT2D eigenvalue weighted by Gasteiger charge is -2.05. The molecular formula is C22H18N2O4S. The van der Waals surface area contributed by atoms with Crippen LogP contribution < -0.4 is 9.54 Å². The van der Waals surface area contributed by atoms with Crippen LogP contribution in [0.15, 0.2) is 65.7 Å². The third kappa shape index (κ3) is 3.52. The average molecular weight is 406 g/mol. The molecule has 0 saturated heterocycles. The van der Waals surface area contributed by atoms with Crippen molar-refractivity contribution in [1.29, 1.82) is 0 Å². The zero-order valence-electron chi connectivity index (χ0n) is 15.9. The van der Waals surface area contributed by atoms with Crippen molar-refractivity contribution >= 4 is 44.2 Å². The number of hydrogen-bond donors (Lipinski definition) is 0. The van der Waals surface area contributed by atoms with Crippen molar-refractivity contribution in [1.82, 2.24) is 4.57 Å². The third-order valence-electron chi connectivity index (χ3n) is 4.62. The van der Waals surface area contributed by atoms with E-state index in [2.05, 4.69) is 4.99 Å². The highest BCUT2D eigenvalue weighted by atomic mass is 32.1. The first-order valence-corrected chi connectivity index (χ1v) is 9.74. The predicted molar refractivity (Wildman–Crippen MR) is 112 cm³/mol. The fraction of sp³-hybridized carbons (Fsp3) is 0.136. The second kappa shape index (κ2) is 7.89. The molecule has 0 radical (unpaired) electrons. The van der Waals surface area contributed by atoms with Gasteiger partial charge in [0.2, 0.25) is 0 Å². The summed E-state index contributed by atoms with van der Waals surface area (Å²) >= 11 is 1.37. The Morgan fingerprint density at radius 1 is 1.00 bits per heavy atom. The van der Waals surface area contributed by atoms with Crippen molar-refractivity contribution in [3.05, 3.63) is 71.0 Å². The molecule has 0 saturated carbocycles. The Labute approximate surface area is 170 Å². The molecule has 3 aromatic carbocycles. The van der Waals surface area contributed by atoms with Crippen molar-refractivity contribution < 1.29 is 19.1 Å². The van der Waals surface area contributed by atoms with Crippen LogP contribution in [0.3, 0.4) is 0 Å². The Balaban J connectivity index is 1.95. The summed E-state index contributed by atoms with van der Waals surface area (Å²) in [5, 5.41) is 2.12. The molecule has 7 heteroatoms. The summed E-state index contributed by atoms with van der Waals surface area (Å²) in [6, 6.07) is 18.8. The monoisotopic (exact) mass is 406 g/mol. The number of aromatic nitrogens is 1. The minimum absolute atomic E-state index is 0.0348. The molecule has 0 fully saturated rings. The van der Waals surface area contributed by atoms with Crippen molar-refractivity contribution in [3.8, 4) is 5.75 Å².